The summed E-state index contributed by atoms with van der Waals surface area (Å²) in [6.07, 6.45) is 8.85. The number of nitrogens with one attached hydrogen (secondary N) is 1. The highest BCUT2D eigenvalue weighted by molar-refractivity contribution is 7.99. The van der Waals surface area contributed by atoms with E-state index < -0.39 is 0 Å². The van der Waals surface area contributed by atoms with Gasteiger partial charge in [-0.1, -0.05) is 24.6 Å². The zero-order valence-corrected chi connectivity index (χ0v) is 12.9. The Labute approximate surface area is 128 Å². The molecular weight excluding hydrogens is 286 g/mol. The number of likely N-dealkylation sites (tertiary alicyclic amines) is 1. The molecule has 1 aromatic heterocycles. The molecule has 3 rings (SSSR count). The van der Waals surface area contributed by atoms with E-state index in [4.69, 9.17) is 0 Å². The van der Waals surface area contributed by atoms with Crippen molar-refractivity contribution in [2.75, 3.05) is 12.3 Å². The Bertz CT molecular complexity index is 558. The minimum atomic E-state index is -0.176. The van der Waals surface area contributed by atoms with E-state index in [0.717, 1.165) is 19.4 Å². The van der Waals surface area contributed by atoms with Gasteiger partial charge in [0, 0.05) is 24.8 Å². The molecule has 114 valence electrons. The fraction of sp³-hybridized carbons (Fsp3) is 0.667. The molecule has 2 heterocycles. The van der Waals surface area contributed by atoms with E-state index in [1.807, 2.05) is 0 Å². The van der Waals surface area contributed by atoms with Crippen LogP contribution < -0.4 is 5.56 Å². The topological polar surface area (TPSA) is 66.1 Å². The first-order valence-corrected chi connectivity index (χ1v) is 8.70. The monoisotopic (exact) mass is 307 g/mol. The highest BCUT2D eigenvalue weighted by Crippen LogP contribution is 2.35. The number of piperidine rings is 1. The molecule has 2 aliphatic rings. The lowest BCUT2D eigenvalue weighted by Gasteiger charge is -2.44. The molecule has 1 aliphatic heterocycles. The summed E-state index contributed by atoms with van der Waals surface area (Å²) < 4.78 is 0. The van der Waals surface area contributed by atoms with Crippen molar-refractivity contribution in [1.29, 1.82) is 0 Å². The van der Waals surface area contributed by atoms with Crippen molar-refractivity contribution in [2.45, 2.75) is 49.7 Å². The number of hydrogen-bond acceptors (Lipinski definition) is 4. The Morgan fingerprint density at radius 1 is 1.33 bits per heavy atom. The Morgan fingerprint density at radius 2 is 2.14 bits per heavy atom. The minimum absolute atomic E-state index is 0.176. The molecule has 1 saturated carbocycles. The predicted octanol–water partition coefficient (Wildman–Crippen LogP) is 2.04. The number of hydrogen-bond donors (Lipinski definition) is 1. The molecular formula is C15H21N3O2S. The SMILES string of the molecule is O=C(CSc1nccc(=O)[nH]1)N1CCC[C@@H]2CCCC[C@H]21. The third-order valence-corrected chi connectivity index (χ3v) is 5.42. The second kappa shape index (κ2) is 6.64. The van der Waals surface area contributed by atoms with E-state index in [1.165, 1.54) is 49.7 Å². The molecule has 1 aromatic rings. The maximum atomic E-state index is 12.5. The normalized spacial score (nSPS) is 25.4. The average molecular weight is 307 g/mol. The zero-order chi connectivity index (χ0) is 14.7. The lowest BCUT2D eigenvalue weighted by atomic mass is 9.78. The Hall–Kier alpha value is -1.30. The molecule has 5 nitrogen and oxygen atoms in total. The maximum absolute atomic E-state index is 12.5. The minimum Gasteiger partial charge on any atom is -0.339 e. The van der Waals surface area contributed by atoms with E-state index in [1.54, 1.807) is 0 Å². The predicted molar refractivity (Wildman–Crippen MR) is 82.3 cm³/mol. The average Bonchev–Trinajstić information content (AvgIpc) is 2.52. The summed E-state index contributed by atoms with van der Waals surface area (Å²) in [6, 6.07) is 1.83. The molecule has 2 atom stereocenters. The first-order chi connectivity index (χ1) is 10.2. The van der Waals surface area contributed by atoms with Gasteiger partial charge in [0.15, 0.2) is 5.16 Å². The molecule has 0 bridgehead atoms. The lowest BCUT2D eigenvalue weighted by molar-refractivity contribution is -0.134. The quantitative estimate of drug-likeness (QED) is 0.685. The van der Waals surface area contributed by atoms with Crippen LogP contribution in [0.4, 0.5) is 0 Å². The molecule has 1 amide bonds. The number of nitrogens with zero attached hydrogens (tertiary/aromatic N) is 2. The van der Waals surface area contributed by atoms with Crippen LogP contribution >= 0.6 is 11.8 Å². The Morgan fingerprint density at radius 3 is 3.00 bits per heavy atom. The standard InChI is InChI=1S/C15H21N3O2S/c19-13-7-8-16-15(17-13)21-10-14(20)18-9-3-5-11-4-1-2-6-12(11)18/h7-8,11-12H,1-6,9-10H2,(H,16,17,19)/t11-,12+/m0/s1. The molecule has 6 heteroatoms. The third-order valence-electron chi connectivity index (χ3n) is 4.54. The van der Waals surface area contributed by atoms with Crippen molar-refractivity contribution >= 4 is 17.7 Å². The van der Waals surface area contributed by atoms with Crippen LogP contribution in [-0.4, -0.2) is 39.1 Å². The van der Waals surface area contributed by atoms with Crippen molar-refractivity contribution in [3.8, 4) is 0 Å². The van der Waals surface area contributed by atoms with Gasteiger partial charge in [-0.15, -0.1) is 0 Å². The van der Waals surface area contributed by atoms with E-state index in [0.29, 0.717) is 22.9 Å². The Kier molecular flexibility index (Phi) is 4.63. The number of amides is 1. The summed E-state index contributed by atoms with van der Waals surface area (Å²) in [7, 11) is 0. The first kappa shape index (κ1) is 14.6. The number of aromatic nitrogens is 2. The van der Waals surface area contributed by atoms with Gasteiger partial charge in [-0.05, 0) is 31.6 Å². The summed E-state index contributed by atoms with van der Waals surface area (Å²) in [5, 5.41) is 0.521. The Balaban J connectivity index is 1.60. The van der Waals surface area contributed by atoms with Crippen LogP contribution in [0.15, 0.2) is 22.2 Å². The number of H-pyrrole nitrogens is 1. The molecule has 1 saturated heterocycles. The van der Waals surface area contributed by atoms with E-state index in [9.17, 15) is 9.59 Å². The zero-order valence-electron chi connectivity index (χ0n) is 12.1. The molecule has 0 radical (unpaired) electrons. The van der Waals surface area contributed by atoms with E-state index in [-0.39, 0.29) is 11.5 Å². The van der Waals surface area contributed by atoms with Crippen LogP contribution in [0.1, 0.15) is 38.5 Å². The summed E-state index contributed by atoms with van der Waals surface area (Å²) in [6.45, 7) is 0.888. The van der Waals surface area contributed by atoms with Crippen molar-refractivity contribution < 1.29 is 4.79 Å². The first-order valence-electron chi connectivity index (χ1n) is 7.71. The number of fused-ring (bicyclic) bond motifs is 1. The summed E-state index contributed by atoms with van der Waals surface area (Å²) in [5.74, 6) is 1.25. The van der Waals surface area contributed by atoms with Gasteiger partial charge in [0.05, 0.1) is 5.75 Å². The largest absolute Gasteiger partial charge is 0.339 e. The number of rotatable bonds is 3. The highest BCUT2D eigenvalue weighted by Gasteiger charge is 2.35. The van der Waals surface area contributed by atoms with Crippen LogP contribution in [0.2, 0.25) is 0 Å². The summed E-state index contributed by atoms with van der Waals surface area (Å²) >= 11 is 1.32. The molecule has 0 aromatic carbocycles. The fourth-order valence-corrected chi connectivity index (χ4v) is 4.31. The number of carbonyl (C=O) groups is 1. The lowest BCUT2D eigenvalue weighted by Crippen LogP contribution is -2.50. The van der Waals surface area contributed by atoms with Crippen molar-refractivity contribution in [3.05, 3.63) is 22.6 Å². The third kappa shape index (κ3) is 3.48. The summed E-state index contributed by atoms with van der Waals surface area (Å²) in [4.78, 5) is 32.5. The highest BCUT2D eigenvalue weighted by atomic mass is 32.2. The van der Waals surface area contributed by atoms with Crippen LogP contribution in [0.25, 0.3) is 0 Å². The van der Waals surface area contributed by atoms with Gasteiger partial charge < -0.3 is 9.88 Å². The molecule has 0 spiro atoms. The van der Waals surface area contributed by atoms with Gasteiger partial charge in [-0.25, -0.2) is 4.98 Å². The van der Waals surface area contributed by atoms with Gasteiger partial charge in [0.25, 0.3) is 5.56 Å². The molecule has 1 aliphatic carbocycles. The number of aromatic amines is 1. The van der Waals surface area contributed by atoms with Crippen LogP contribution in [0.5, 0.6) is 0 Å². The van der Waals surface area contributed by atoms with Gasteiger partial charge >= 0.3 is 0 Å². The van der Waals surface area contributed by atoms with Gasteiger partial charge in [0.1, 0.15) is 0 Å². The van der Waals surface area contributed by atoms with Crippen molar-refractivity contribution in [1.82, 2.24) is 14.9 Å². The van der Waals surface area contributed by atoms with Crippen molar-refractivity contribution in [2.24, 2.45) is 5.92 Å². The van der Waals surface area contributed by atoms with Crippen LogP contribution in [0.3, 0.4) is 0 Å². The van der Waals surface area contributed by atoms with Gasteiger partial charge in [-0.2, -0.15) is 0 Å². The summed E-state index contributed by atoms with van der Waals surface area (Å²) in [5.41, 5.74) is -0.176. The van der Waals surface area contributed by atoms with Gasteiger partial charge in [0.2, 0.25) is 5.91 Å². The van der Waals surface area contributed by atoms with Gasteiger partial charge in [-0.3, -0.25) is 9.59 Å². The molecule has 21 heavy (non-hydrogen) atoms. The fourth-order valence-electron chi connectivity index (χ4n) is 3.57. The smallest absolute Gasteiger partial charge is 0.251 e. The van der Waals surface area contributed by atoms with Crippen molar-refractivity contribution in [3.63, 3.8) is 0 Å². The number of carbonyl (C=O) groups excluding carboxylic acids is 1. The van der Waals surface area contributed by atoms with Crippen LogP contribution in [0, 0.1) is 5.92 Å². The van der Waals surface area contributed by atoms with E-state index in [2.05, 4.69) is 14.9 Å². The maximum Gasteiger partial charge on any atom is 0.251 e. The van der Waals surface area contributed by atoms with Crippen LogP contribution in [-0.2, 0) is 4.79 Å². The molecule has 2 fully saturated rings. The second-order valence-corrected chi connectivity index (χ2v) is 6.83. The molecule has 0 unspecified atom stereocenters. The number of thioether (sulfide) groups is 1. The van der Waals surface area contributed by atoms with E-state index >= 15 is 0 Å². The second-order valence-electron chi connectivity index (χ2n) is 5.87. The molecule has 1 N–H and O–H groups in total.